The quantitative estimate of drug-likeness (QED) is 0.736. The molecule has 0 bridgehead atoms. The summed E-state index contributed by atoms with van der Waals surface area (Å²) in [6.45, 7) is 4.52. The molecule has 0 saturated carbocycles. The van der Waals surface area contributed by atoms with Gasteiger partial charge >= 0.3 is 0 Å². The van der Waals surface area contributed by atoms with Gasteiger partial charge in [-0.25, -0.2) is 0 Å². The van der Waals surface area contributed by atoms with E-state index in [0.29, 0.717) is 0 Å². The molecular formula is C22H21NO. The Kier molecular flexibility index (Phi) is 2.63. The molecule has 2 nitrogen and oxygen atoms in total. The molecule has 0 aromatic heterocycles. The lowest BCUT2D eigenvalue weighted by Crippen LogP contribution is -2.50. The second-order valence-corrected chi connectivity index (χ2v) is 7.46. The van der Waals surface area contributed by atoms with Crippen molar-refractivity contribution in [1.29, 1.82) is 0 Å². The molecule has 120 valence electrons. The van der Waals surface area contributed by atoms with E-state index >= 15 is 0 Å². The number of hydrogen-bond donors (Lipinski definition) is 1. The standard InChI is InChI=1S/C22H21NO/c1-21(2)18-9-5-6-10-19(18)23-22(21)14-13-17-16-8-4-3-7-15(16)11-12-20(17)24-22/h3-10,13-14,23H,11-12H2,1-2H3. The molecule has 1 atom stereocenters. The summed E-state index contributed by atoms with van der Waals surface area (Å²) in [5.74, 6) is 1.12. The molecule has 3 aliphatic rings. The lowest BCUT2D eigenvalue weighted by atomic mass is 9.76. The molecule has 2 heterocycles. The van der Waals surface area contributed by atoms with Crippen molar-refractivity contribution in [3.05, 3.63) is 83.1 Å². The van der Waals surface area contributed by atoms with Crippen LogP contribution in [0.2, 0.25) is 0 Å². The van der Waals surface area contributed by atoms with E-state index in [4.69, 9.17) is 4.74 Å². The van der Waals surface area contributed by atoms with Crippen molar-refractivity contribution in [3.63, 3.8) is 0 Å². The molecule has 1 spiro atoms. The first-order valence-corrected chi connectivity index (χ1v) is 8.68. The molecular weight excluding hydrogens is 294 g/mol. The molecule has 2 aliphatic heterocycles. The second-order valence-electron chi connectivity index (χ2n) is 7.46. The number of allylic oxidation sites excluding steroid dienone is 3. The van der Waals surface area contributed by atoms with E-state index in [1.807, 2.05) is 0 Å². The Morgan fingerprint density at radius 2 is 1.75 bits per heavy atom. The smallest absolute Gasteiger partial charge is 0.209 e. The summed E-state index contributed by atoms with van der Waals surface area (Å²) in [7, 11) is 0. The predicted molar refractivity (Wildman–Crippen MR) is 97.7 cm³/mol. The SMILES string of the molecule is CC1(C)c2ccccc2NC12C=CC1=C(CCc3ccccc31)O2. The lowest BCUT2D eigenvalue weighted by molar-refractivity contribution is 0.0126. The van der Waals surface area contributed by atoms with E-state index in [1.165, 1.54) is 28.0 Å². The van der Waals surface area contributed by atoms with Crippen LogP contribution in [0.3, 0.4) is 0 Å². The first-order valence-electron chi connectivity index (χ1n) is 8.68. The maximum Gasteiger partial charge on any atom is 0.209 e. The van der Waals surface area contributed by atoms with E-state index < -0.39 is 5.72 Å². The highest BCUT2D eigenvalue weighted by molar-refractivity contribution is 5.81. The third kappa shape index (κ3) is 1.66. The minimum atomic E-state index is -0.498. The van der Waals surface area contributed by atoms with Crippen molar-refractivity contribution in [1.82, 2.24) is 0 Å². The summed E-state index contributed by atoms with van der Waals surface area (Å²) >= 11 is 0. The van der Waals surface area contributed by atoms with Crippen LogP contribution in [0.4, 0.5) is 5.69 Å². The Labute approximate surface area is 142 Å². The van der Waals surface area contributed by atoms with Crippen LogP contribution in [0.5, 0.6) is 0 Å². The minimum absolute atomic E-state index is 0.129. The Hall–Kier alpha value is -2.48. The van der Waals surface area contributed by atoms with Gasteiger partial charge in [-0.1, -0.05) is 42.5 Å². The molecule has 1 aliphatic carbocycles. The number of para-hydroxylation sites is 1. The van der Waals surface area contributed by atoms with Crippen LogP contribution in [0.15, 0.2) is 66.4 Å². The average molecular weight is 315 g/mol. The van der Waals surface area contributed by atoms with E-state index in [-0.39, 0.29) is 5.41 Å². The molecule has 0 saturated heterocycles. The van der Waals surface area contributed by atoms with Crippen molar-refractivity contribution in [3.8, 4) is 0 Å². The molecule has 2 aromatic rings. The maximum atomic E-state index is 6.68. The monoisotopic (exact) mass is 315 g/mol. The molecule has 1 unspecified atom stereocenters. The highest BCUT2D eigenvalue weighted by atomic mass is 16.5. The molecule has 5 rings (SSSR count). The van der Waals surface area contributed by atoms with E-state index in [1.54, 1.807) is 0 Å². The fourth-order valence-electron chi connectivity index (χ4n) is 4.35. The Morgan fingerprint density at radius 1 is 0.958 bits per heavy atom. The first-order chi connectivity index (χ1) is 11.6. The number of ether oxygens (including phenoxy) is 1. The number of anilines is 1. The third-order valence-corrected chi connectivity index (χ3v) is 5.85. The summed E-state index contributed by atoms with van der Waals surface area (Å²) < 4.78 is 6.68. The molecule has 0 radical (unpaired) electrons. The fourth-order valence-corrected chi connectivity index (χ4v) is 4.35. The van der Waals surface area contributed by atoms with Gasteiger partial charge in [0.1, 0.15) is 5.76 Å². The summed E-state index contributed by atoms with van der Waals surface area (Å²) in [6.07, 6.45) is 6.49. The molecule has 24 heavy (non-hydrogen) atoms. The number of rotatable bonds is 0. The van der Waals surface area contributed by atoms with Crippen LogP contribution >= 0.6 is 0 Å². The van der Waals surface area contributed by atoms with Crippen LogP contribution in [0.1, 0.15) is 37.0 Å². The van der Waals surface area contributed by atoms with Gasteiger partial charge in [0, 0.05) is 17.7 Å². The minimum Gasteiger partial charge on any atom is -0.467 e. The zero-order valence-corrected chi connectivity index (χ0v) is 14.1. The van der Waals surface area contributed by atoms with Crippen molar-refractivity contribution >= 4 is 11.3 Å². The highest BCUT2D eigenvalue weighted by Crippen LogP contribution is 2.52. The lowest BCUT2D eigenvalue weighted by Gasteiger charge is -2.43. The topological polar surface area (TPSA) is 21.3 Å². The van der Waals surface area contributed by atoms with Crippen LogP contribution < -0.4 is 5.32 Å². The van der Waals surface area contributed by atoms with Crippen LogP contribution in [0, 0.1) is 0 Å². The van der Waals surface area contributed by atoms with Crippen molar-refractivity contribution in [2.24, 2.45) is 0 Å². The largest absolute Gasteiger partial charge is 0.467 e. The third-order valence-electron chi connectivity index (χ3n) is 5.85. The molecule has 1 N–H and O–H groups in total. The summed E-state index contributed by atoms with van der Waals surface area (Å²) in [5, 5.41) is 3.65. The highest BCUT2D eigenvalue weighted by Gasteiger charge is 2.54. The van der Waals surface area contributed by atoms with Gasteiger partial charge in [-0.3, -0.25) is 0 Å². The number of benzene rings is 2. The van der Waals surface area contributed by atoms with E-state index in [0.717, 1.165) is 18.6 Å². The number of fused-ring (bicyclic) bond motifs is 3. The number of hydrogen-bond acceptors (Lipinski definition) is 2. The molecule has 2 heteroatoms. The molecule has 2 aromatic carbocycles. The first kappa shape index (κ1) is 13.9. The van der Waals surface area contributed by atoms with Gasteiger partial charge < -0.3 is 10.1 Å². The maximum absolute atomic E-state index is 6.68. The fraction of sp³-hybridized carbons (Fsp3) is 0.273. The van der Waals surface area contributed by atoms with Gasteiger partial charge in [0.2, 0.25) is 5.72 Å². The Morgan fingerprint density at radius 3 is 2.62 bits per heavy atom. The molecule has 0 fully saturated rings. The van der Waals surface area contributed by atoms with Gasteiger partial charge in [0.05, 0.1) is 5.41 Å². The number of nitrogens with one attached hydrogen (secondary N) is 1. The van der Waals surface area contributed by atoms with Crippen LogP contribution in [0.25, 0.3) is 5.57 Å². The summed E-state index contributed by atoms with van der Waals surface area (Å²) in [6, 6.07) is 17.2. The molecule has 0 amide bonds. The normalized spacial score (nSPS) is 25.6. The summed E-state index contributed by atoms with van der Waals surface area (Å²) in [5.41, 5.74) is 5.84. The summed E-state index contributed by atoms with van der Waals surface area (Å²) in [4.78, 5) is 0. The zero-order chi connectivity index (χ0) is 16.4. The number of aryl methyl sites for hydroxylation is 1. The van der Waals surface area contributed by atoms with E-state index in [2.05, 4.69) is 79.8 Å². The average Bonchev–Trinajstić information content (AvgIpc) is 2.82. The van der Waals surface area contributed by atoms with Crippen LogP contribution in [-0.4, -0.2) is 5.72 Å². The zero-order valence-electron chi connectivity index (χ0n) is 14.1. The van der Waals surface area contributed by atoms with Gasteiger partial charge in [0.25, 0.3) is 0 Å². The van der Waals surface area contributed by atoms with Crippen molar-refractivity contribution in [2.45, 2.75) is 37.8 Å². The van der Waals surface area contributed by atoms with E-state index in [9.17, 15) is 0 Å². The van der Waals surface area contributed by atoms with Gasteiger partial charge in [-0.15, -0.1) is 0 Å². The van der Waals surface area contributed by atoms with Crippen molar-refractivity contribution in [2.75, 3.05) is 5.32 Å². The predicted octanol–water partition coefficient (Wildman–Crippen LogP) is 5.03. The van der Waals surface area contributed by atoms with Crippen molar-refractivity contribution < 1.29 is 4.74 Å². The van der Waals surface area contributed by atoms with Gasteiger partial charge in [-0.2, -0.15) is 0 Å². The van der Waals surface area contributed by atoms with Crippen LogP contribution in [-0.2, 0) is 16.6 Å². The van der Waals surface area contributed by atoms with Gasteiger partial charge in [-0.05, 0) is 55.2 Å². The Balaban J connectivity index is 1.60. The van der Waals surface area contributed by atoms with Gasteiger partial charge in [0.15, 0.2) is 0 Å². The Bertz CT molecular complexity index is 906. The second kappa shape index (κ2) is 4.54.